The smallest absolute Gasteiger partial charge is 0.272 e. The summed E-state index contributed by atoms with van der Waals surface area (Å²) in [6.07, 6.45) is 0.579. The lowest BCUT2D eigenvalue weighted by Crippen LogP contribution is -2.38. The van der Waals surface area contributed by atoms with E-state index in [1.807, 2.05) is 60.0 Å². The molecule has 0 amide bonds. The average Bonchev–Trinajstić information content (AvgIpc) is 3.82. The largest absolute Gasteiger partial charge is 0.497 e. The van der Waals surface area contributed by atoms with Crippen molar-refractivity contribution in [3.8, 4) is 5.75 Å². The van der Waals surface area contributed by atoms with E-state index in [9.17, 15) is 5.11 Å². The zero-order valence-electron chi connectivity index (χ0n) is 25.2. The molecule has 232 valence electrons. The minimum atomic E-state index is -0.862. The number of benzene rings is 3. The molecule has 3 aromatic carbocycles. The molecule has 7 rings (SSSR count). The third-order valence-corrected chi connectivity index (χ3v) is 8.63. The Kier molecular flexibility index (Phi) is 7.94. The molecule has 1 unspecified atom stereocenters. The fourth-order valence-electron chi connectivity index (χ4n) is 6.37. The van der Waals surface area contributed by atoms with E-state index < -0.39 is 42.7 Å². The molecule has 0 spiro atoms. The SMILES string of the molecule is CC[C@@H](O)[C@H]1O[C@@H](n2cnc3c(NC(c4ccccc4)(c4ccccc4)c4ccc(OC)cc4)ncnc32)[C@@H]2OC(OC)O[C@@H]21. The van der Waals surface area contributed by atoms with Crippen molar-refractivity contribution in [2.45, 2.75) is 56.0 Å². The molecule has 2 saturated heterocycles. The van der Waals surface area contributed by atoms with Gasteiger partial charge < -0.3 is 34.1 Å². The molecule has 5 aromatic rings. The van der Waals surface area contributed by atoms with E-state index in [0.29, 0.717) is 23.4 Å². The van der Waals surface area contributed by atoms with Gasteiger partial charge in [0.15, 0.2) is 23.2 Å². The topological polar surface area (TPSA) is 122 Å². The Bertz CT molecular complexity index is 1700. The predicted molar refractivity (Wildman–Crippen MR) is 165 cm³/mol. The lowest BCUT2D eigenvalue weighted by molar-refractivity contribution is -0.260. The number of hydrogen-bond acceptors (Lipinski definition) is 10. The van der Waals surface area contributed by atoms with Gasteiger partial charge in [0.1, 0.15) is 35.9 Å². The predicted octanol–water partition coefficient (Wildman–Crippen LogP) is 4.62. The van der Waals surface area contributed by atoms with E-state index in [4.69, 9.17) is 33.7 Å². The number of aromatic nitrogens is 4. The Morgan fingerprint density at radius 1 is 0.844 bits per heavy atom. The molecular weight excluding hydrogens is 574 g/mol. The maximum absolute atomic E-state index is 10.8. The van der Waals surface area contributed by atoms with Crippen molar-refractivity contribution in [2.24, 2.45) is 0 Å². The van der Waals surface area contributed by atoms with Gasteiger partial charge in [-0.15, -0.1) is 0 Å². The van der Waals surface area contributed by atoms with Crippen molar-refractivity contribution in [1.29, 1.82) is 0 Å². The van der Waals surface area contributed by atoms with Crippen LogP contribution in [-0.4, -0.2) is 69.7 Å². The monoisotopic (exact) mass is 609 g/mol. The number of methoxy groups -OCH3 is 2. The lowest BCUT2D eigenvalue weighted by Gasteiger charge is -2.37. The molecular formula is C34H35N5O6. The highest BCUT2D eigenvalue weighted by Gasteiger charge is 2.55. The maximum atomic E-state index is 10.8. The zero-order chi connectivity index (χ0) is 31.0. The summed E-state index contributed by atoms with van der Waals surface area (Å²) in [7, 11) is 3.17. The van der Waals surface area contributed by atoms with Gasteiger partial charge in [-0.3, -0.25) is 4.57 Å². The first-order chi connectivity index (χ1) is 22.1. The third-order valence-electron chi connectivity index (χ3n) is 8.63. The fourth-order valence-corrected chi connectivity index (χ4v) is 6.37. The van der Waals surface area contributed by atoms with E-state index >= 15 is 0 Å². The van der Waals surface area contributed by atoms with Gasteiger partial charge in [-0.1, -0.05) is 79.7 Å². The standard InChI is InChI=1S/C34H35N5O6/c1-4-25(40)27-28-29(45-33(42-3)44-28)32(43-27)39-20-37-26-30(35-19-36-31(26)39)38-34(21-11-7-5-8-12-21,22-13-9-6-10-14-22)23-15-17-24(41-2)18-16-23/h5-20,25,27-29,32-33,40H,4H2,1-3H3,(H,35,36,38)/t25-,27-,28-,29-,32-,33?/m1/s1. The first kappa shape index (κ1) is 29.3. The van der Waals surface area contributed by atoms with Crippen LogP contribution in [0, 0.1) is 0 Å². The van der Waals surface area contributed by atoms with Crippen molar-refractivity contribution in [3.05, 3.63) is 114 Å². The molecule has 4 heterocycles. The van der Waals surface area contributed by atoms with E-state index in [1.165, 1.54) is 13.4 Å². The quantitative estimate of drug-likeness (QED) is 0.217. The summed E-state index contributed by atoms with van der Waals surface area (Å²) in [6.45, 7) is 1.04. The number of fused-ring (bicyclic) bond motifs is 2. The van der Waals surface area contributed by atoms with Gasteiger partial charge in [0, 0.05) is 7.11 Å². The molecule has 0 bridgehead atoms. The molecule has 0 aliphatic carbocycles. The molecule has 2 aliphatic rings. The molecule has 2 aliphatic heterocycles. The number of nitrogens with one attached hydrogen (secondary N) is 1. The molecule has 0 saturated carbocycles. The summed E-state index contributed by atoms with van der Waals surface area (Å²) in [5.74, 6) is 1.28. The Balaban J connectivity index is 1.35. The second kappa shape index (κ2) is 12.2. The minimum Gasteiger partial charge on any atom is -0.497 e. The van der Waals surface area contributed by atoms with Gasteiger partial charge in [0.05, 0.1) is 19.5 Å². The van der Waals surface area contributed by atoms with Crippen molar-refractivity contribution < 1.29 is 28.8 Å². The Morgan fingerprint density at radius 3 is 2.11 bits per heavy atom. The summed E-state index contributed by atoms with van der Waals surface area (Å²) in [4.78, 5) is 14.1. The minimum absolute atomic E-state index is 0.495. The van der Waals surface area contributed by atoms with Crippen LogP contribution in [0.15, 0.2) is 97.6 Å². The van der Waals surface area contributed by atoms with E-state index in [0.717, 1.165) is 22.4 Å². The van der Waals surface area contributed by atoms with Crippen molar-refractivity contribution in [1.82, 2.24) is 19.5 Å². The summed E-state index contributed by atoms with van der Waals surface area (Å²) in [5, 5.41) is 14.6. The van der Waals surface area contributed by atoms with Crippen LogP contribution in [0.25, 0.3) is 11.2 Å². The molecule has 2 aromatic heterocycles. The zero-order valence-corrected chi connectivity index (χ0v) is 25.2. The molecule has 45 heavy (non-hydrogen) atoms. The normalized spacial score (nSPS) is 23.6. The molecule has 6 atom stereocenters. The van der Waals surface area contributed by atoms with Gasteiger partial charge in [-0.05, 0) is 35.2 Å². The van der Waals surface area contributed by atoms with E-state index in [-0.39, 0.29) is 0 Å². The van der Waals surface area contributed by atoms with Gasteiger partial charge >= 0.3 is 0 Å². The number of ether oxygens (including phenoxy) is 5. The van der Waals surface area contributed by atoms with Gasteiger partial charge in [-0.2, -0.15) is 0 Å². The Hall–Kier alpha value is -4.39. The van der Waals surface area contributed by atoms with Crippen molar-refractivity contribution in [3.63, 3.8) is 0 Å². The van der Waals surface area contributed by atoms with Crippen LogP contribution in [0.2, 0.25) is 0 Å². The first-order valence-corrected chi connectivity index (χ1v) is 15.0. The van der Waals surface area contributed by atoms with Crippen LogP contribution >= 0.6 is 0 Å². The van der Waals surface area contributed by atoms with Gasteiger partial charge in [0.25, 0.3) is 6.48 Å². The van der Waals surface area contributed by atoms with Crippen molar-refractivity contribution >= 4 is 17.0 Å². The number of nitrogens with zero attached hydrogens (tertiary/aromatic N) is 4. The van der Waals surface area contributed by atoms with Crippen LogP contribution in [0.1, 0.15) is 36.3 Å². The van der Waals surface area contributed by atoms with Crippen LogP contribution in [0.3, 0.4) is 0 Å². The highest BCUT2D eigenvalue weighted by molar-refractivity contribution is 5.84. The van der Waals surface area contributed by atoms with Crippen LogP contribution in [-0.2, 0) is 24.5 Å². The number of anilines is 1. The number of hydrogen-bond donors (Lipinski definition) is 2. The fraction of sp³-hybridized carbons (Fsp3) is 0.324. The van der Waals surface area contributed by atoms with Crippen LogP contribution in [0.4, 0.5) is 5.82 Å². The average molecular weight is 610 g/mol. The van der Waals surface area contributed by atoms with Crippen LogP contribution in [0.5, 0.6) is 5.75 Å². The van der Waals surface area contributed by atoms with Gasteiger partial charge in [-0.25, -0.2) is 15.0 Å². The number of aliphatic hydroxyl groups is 1. The summed E-state index contributed by atoms with van der Waals surface area (Å²) >= 11 is 0. The molecule has 0 radical (unpaired) electrons. The summed E-state index contributed by atoms with van der Waals surface area (Å²) in [6, 6.07) is 28.5. The first-order valence-electron chi connectivity index (χ1n) is 15.0. The van der Waals surface area contributed by atoms with Crippen LogP contribution < -0.4 is 10.1 Å². The second-order valence-corrected chi connectivity index (χ2v) is 11.1. The molecule has 11 heteroatoms. The third kappa shape index (κ3) is 5.02. The van der Waals surface area contributed by atoms with E-state index in [2.05, 4.69) is 46.7 Å². The van der Waals surface area contributed by atoms with Gasteiger partial charge in [0.2, 0.25) is 0 Å². The number of imidazole rings is 1. The number of rotatable bonds is 10. The lowest BCUT2D eigenvalue weighted by atomic mass is 9.77. The Morgan fingerprint density at radius 2 is 1.49 bits per heavy atom. The second-order valence-electron chi connectivity index (χ2n) is 11.1. The highest BCUT2D eigenvalue weighted by Crippen LogP contribution is 2.44. The van der Waals surface area contributed by atoms with Crippen molar-refractivity contribution in [2.75, 3.05) is 19.5 Å². The molecule has 2 N–H and O–H groups in total. The Labute approximate surface area is 260 Å². The van der Waals surface area contributed by atoms with E-state index in [1.54, 1.807) is 13.4 Å². The highest BCUT2D eigenvalue weighted by atomic mass is 16.9. The summed E-state index contributed by atoms with van der Waals surface area (Å²) < 4.78 is 31.0. The summed E-state index contributed by atoms with van der Waals surface area (Å²) in [5.41, 5.74) is 3.22. The number of aliphatic hydroxyl groups excluding tert-OH is 1. The molecule has 2 fully saturated rings. The maximum Gasteiger partial charge on any atom is 0.272 e. The molecule has 11 nitrogen and oxygen atoms in total.